The van der Waals surface area contributed by atoms with E-state index in [-0.39, 0.29) is 30.1 Å². The van der Waals surface area contributed by atoms with Crippen LogP contribution >= 0.6 is 24.0 Å². The largest absolute Gasteiger partial charge is 0.381 e. The van der Waals surface area contributed by atoms with E-state index in [1.54, 1.807) is 0 Å². The second-order valence-electron chi connectivity index (χ2n) is 6.78. The second kappa shape index (κ2) is 11.5. The first kappa shape index (κ1) is 21.1. The summed E-state index contributed by atoms with van der Waals surface area (Å²) in [6.07, 6.45) is 1.31. The summed E-state index contributed by atoms with van der Waals surface area (Å²) in [5.74, 6) is 1.73. The van der Waals surface area contributed by atoms with Gasteiger partial charge in [-0.05, 0) is 19.3 Å². The Bertz CT molecular complexity index is 393. The van der Waals surface area contributed by atoms with E-state index in [1.165, 1.54) is 13.0 Å². The van der Waals surface area contributed by atoms with Crippen LogP contribution in [0.4, 0.5) is 0 Å². The van der Waals surface area contributed by atoms with E-state index in [1.807, 2.05) is 0 Å². The van der Waals surface area contributed by atoms with Gasteiger partial charge in [-0.15, -0.1) is 24.0 Å². The maximum Gasteiger partial charge on any atom is 0.194 e. The zero-order chi connectivity index (χ0) is 16.6. The topological polar surface area (TPSA) is 58.6 Å². The fourth-order valence-corrected chi connectivity index (χ4v) is 3.49. The Hall–Kier alpha value is -0.160. The number of guanidine groups is 1. The lowest BCUT2D eigenvalue weighted by molar-refractivity contribution is -0.0833. The summed E-state index contributed by atoms with van der Waals surface area (Å²) in [5.41, 5.74) is 0. The van der Waals surface area contributed by atoms with E-state index in [4.69, 9.17) is 19.2 Å². The molecule has 0 aromatic carbocycles. The van der Waals surface area contributed by atoms with Gasteiger partial charge in [0.05, 0.1) is 33.0 Å². The molecule has 1 N–H and O–H groups in total. The van der Waals surface area contributed by atoms with Gasteiger partial charge in [0.1, 0.15) is 6.10 Å². The molecule has 8 heteroatoms. The van der Waals surface area contributed by atoms with Gasteiger partial charge in [0.25, 0.3) is 0 Å². The normalized spacial score (nSPS) is 28.7. The zero-order valence-corrected chi connectivity index (χ0v) is 17.7. The highest BCUT2D eigenvalue weighted by Gasteiger charge is 2.24. The standard InChI is InChI=1S/C17H32N4O3.HI/c1-2-18-17(19-11-16-14-23-9-10-24-16)21-6-4-20(5-7-21)12-15-3-8-22-13-15;/h15-16H,2-14H2,1H3,(H,18,19);1H. The Morgan fingerprint density at radius 2 is 1.88 bits per heavy atom. The molecule has 0 aromatic rings. The molecule has 0 aliphatic carbocycles. The summed E-state index contributed by atoms with van der Waals surface area (Å²) in [4.78, 5) is 9.71. The number of rotatable bonds is 5. The number of aliphatic imine (C=N–C) groups is 1. The molecule has 0 bridgehead atoms. The zero-order valence-electron chi connectivity index (χ0n) is 15.3. The van der Waals surface area contributed by atoms with Gasteiger partial charge in [0.15, 0.2) is 5.96 Å². The summed E-state index contributed by atoms with van der Waals surface area (Å²) in [7, 11) is 0. The minimum atomic E-state index is 0. The van der Waals surface area contributed by atoms with E-state index in [0.29, 0.717) is 26.4 Å². The Kier molecular flexibility index (Phi) is 9.75. The van der Waals surface area contributed by atoms with Crippen LogP contribution in [0.5, 0.6) is 0 Å². The van der Waals surface area contributed by atoms with E-state index in [0.717, 1.165) is 57.8 Å². The van der Waals surface area contributed by atoms with Crippen molar-refractivity contribution in [3.05, 3.63) is 0 Å². The van der Waals surface area contributed by atoms with Crippen molar-refractivity contribution in [2.75, 3.05) is 78.8 Å². The Morgan fingerprint density at radius 1 is 1.08 bits per heavy atom. The molecule has 2 unspecified atom stereocenters. The van der Waals surface area contributed by atoms with Gasteiger partial charge in [-0.1, -0.05) is 0 Å². The molecule has 0 saturated carbocycles. The molecule has 3 aliphatic heterocycles. The number of hydrogen-bond acceptors (Lipinski definition) is 5. The third kappa shape index (κ3) is 6.82. The van der Waals surface area contributed by atoms with Crippen LogP contribution in [-0.4, -0.2) is 101 Å². The van der Waals surface area contributed by atoms with Crippen LogP contribution < -0.4 is 5.32 Å². The highest BCUT2D eigenvalue weighted by Crippen LogP contribution is 2.15. The number of nitrogens with zero attached hydrogens (tertiary/aromatic N) is 3. The third-order valence-corrected chi connectivity index (χ3v) is 4.88. The first-order chi connectivity index (χ1) is 11.8. The predicted octanol–water partition coefficient (Wildman–Crippen LogP) is 0.639. The Labute approximate surface area is 168 Å². The van der Waals surface area contributed by atoms with Crippen molar-refractivity contribution in [3.63, 3.8) is 0 Å². The number of hydrogen-bond donors (Lipinski definition) is 1. The third-order valence-electron chi connectivity index (χ3n) is 4.88. The molecular formula is C17H33IN4O3. The minimum absolute atomic E-state index is 0. The molecule has 0 spiro atoms. The number of ether oxygens (including phenoxy) is 3. The Balaban J connectivity index is 0.00000225. The molecular weight excluding hydrogens is 435 g/mol. The Morgan fingerprint density at radius 3 is 2.52 bits per heavy atom. The summed E-state index contributed by atoms with van der Waals surface area (Å²) < 4.78 is 16.6. The maximum atomic E-state index is 5.69. The van der Waals surface area contributed by atoms with Crippen LogP contribution in [0, 0.1) is 5.92 Å². The van der Waals surface area contributed by atoms with Gasteiger partial charge in [0, 0.05) is 45.9 Å². The van der Waals surface area contributed by atoms with Crippen LogP contribution in [0.15, 0.2) is 4.99 Å². The highest BCUT2D eigenvalue weighted by molar-refractivity contribution is 14.0. The summed E-state index contributed by atoms with van der Waals surface area (Å²) in [6.45, 7) is 13.0. The first-order valence-electron chi connectivity index (χ1n) is 9.38. The molecule has 3 aliphatic rings. The van der Waals surface area contributed by atoms with E-state index in [2.05, 4.69) is 22.0 Å². The van der Waals surface area contributed by atoms with Crippen molar-refractivity contribution < 1.29 is 14.2 Å². The molecule has 3 fully saturated rings. The molecule has 3 saturated heterocycles. The quantitative estimate of drug-likeness (QED) is 0.363. The van der Waals surface area contributed by atoms with Gasteiger partial charge in [-0.25, -0.2) is 0 Å². The second-order valence-corrected chi connectivity index (χ2v) is 6.78. The van der Waals surface area contributed by atoms with Crippen LogP contribution in [0.1, 0.15) is 13.3 Å². The lowest BCUT2D eigenvalue weighted by Gasteiger charge is -2.37. The molecule has 25 heavy (non-hydrogen) atoms. The lowest BCUT2D eigenvalue weighted by Crippen LogP contribution is -2.53. The van der Waals surface area contributed by atoms with Crippen molar-refractivity contribution in [2.45, 2.75) is 19.4 Å². The van der Waals surface area contributed by atoms with Crippen LogP contribution in [0.2, 0.25) is 0 Å². The van der Waals surface area contributed by atoms with Crippen molar-refractivity contribution in [1.82, 2.24) is 15.1 Å². The summed E-state index contributed by atoms with van der Waals surface area (Å²) in [5, 5.41) is 3.42. The molecule has 2 atom stereocenters. The monoisotopic (exact) mass is 468 g/mol. The van der Waals surface area contributed by atoms with Crippen molar-refractivity contribution >= 4 is 29.9 Å². The summed E-state index contributed by atoms with van der Waals surface area (Å²) in [6, 6.07) is 0. The SMILES string of the molecule is CCNC(=NCC1COCCO1)N1CCN(CC2CCOC2)CC1.I. The summed E-state index contributed by atoms with van der Waals surface area (Å²) >= 11 is 0. The average Bonchev–Trinajstić information content (AvgIpc) is 3.13. The molecule has 7 nitrogen and oxygen atoms in total. The van der Waals surface area contributed by atoms with Gasteiger partial charge in [-0.2, -0.15) is 0 Å². The molecule has 0 radical (unpaired) electrons. The number of halogens is 1. The van der Waals surface area contributed by atoms with Crippen LogP contribution in [0.3, 0.4) is 0 Å². The number of piperazine rings is 1. The first-order valence-corrected chi connectivity index (χ1v) is 9.38. The highest BCUT2D eigenvalue weighted by atomic mass is 127. The molecule has 0 amide bonds. The fourth-order valence-electron chi connectivity index (χ4n) is 3.49. The van der Waals surface area contributed by atoms with Crippen molar-refractivity contribution in [1.29, 1.82) is 0 Å². The van der Waals surface area contributed by atoms with E-state index < -0.39 is 0 Å². The van der Waals surface area contributed by atoms with Gasteiger partial charge in [0.2, 0.25) is 0 Å². The van der Waals surface area contributed by atoms with Crippen LogP contribution in [0.25, 0.3) is 0 Å². The van der Waals surface area contributed by atoms with Crippen molar-refractivity contribution in [3.8, 4) is 0 Å². The number of nitrogens with one attached hydrogen (secondary N) is 1. The molecule has 3 heterocycles. The minimum Gasteiger partial charge on any atom is -0.381 e. The van der Waals surface area contributed by atoms with Gasteiger partial charge >= 0.3 is 0 Å². The van der Waals surface area contributed by atoms with Crippen molar-refractivity contribution in [2.24, 2.45) is 10.9 Å². The maximum absolute atomic E-state index is 5.69. The van der Waals surface area contributed by atoms with E-state index in [9.17, 15) is 0 Å². The average molecular weight is 468 g/mol. The van der Waals surface area contributed by atoms with Crippen LogP contribution in [-0.2, 0) is 14.2 Å². The predicted molar refractivity (Wildman–Crippen MR) is 109 cm³/mol. The lowest BCUT2D eigenvalue weighted by atomic mass is 10.1. The van der Waals surface area contributed by atoms with E-state index >= 15 is 0 Å². The van der Waals surface area contributed by atoms with Gasteiger partial charge in [-0.3, -0.25) is 9.89 Å². The molecule has 0 aromatic heterocycles. The van der Waals surface area contributed by atoms with Gasteiger partial charge < -0.3 is 24.4 Å². The fraction of sp³-hybridized carbons (Fsp3) is 0.941. The smallest absolute Gasteiger partial charge is 0.194 e. The molecule has 3 rings (SSSR count). The molecule has 146 valence electrons.